The zero-order valence-corrected chi connectivity index (χ0v) is 15.8. The van der Waals surface area contributed by atoms with Gasteiger partial charge in [0.15, 0.2) is 0 Å². The maximum Gasteiger partial charge on any atom is 0.131 e. The molecule has 0 bridgehead atoms. The molecular formula is C26H15FS. The highest BCUT2D eigenvalue weighted by Gasteiger charge is 2.15. The molecule has 28 heavy (non-hydrogen) atoms. The topological polar surface area (TPSA) is 0 Å². The molecule has 5 aromatic carbocycles. The van der Waals surface area contributed by atoms with Gasteiger partial charge in [0, 0.05) is 20.3 Å². The third-order valence-electron chi connectivity index (χ3n) is 5.50. The Labute approximate surface area is 165 Å². The van der Waals surface area contributed by atoms with Crippen LogP contribution in [-0.4, -0.2) is 0 Å². The molecule has 0 aliphatic heterocycles. The Hall–Kier alpha value is -3.23. The third-order valence-corrected chi connectivity index (χ3v) is 6.71. The molecule has 0 saturated heterocycles. The summed E-state index contributed by atoms with van der Waals surface area (Å²) < 4.78 is 16.2. The van der Waals surface area contributed by atoms with Crippen LogP contribution in [-0.2, 0) is 0 Å². The van der Waals surface area contributed by atoms with Crippen LogP contribution in [0.15, 0.2) is 91.0 Å². The molecule has 0 amide bonds. The molecule has 0 aliphatic carbocycles. The summed E-state index contributed by atoms with van der Waals surface area (Å²) in [5.74, 6) is -0.158. The van der Waals surface area contributed by atoms with Gasteiger partial charge in [0.25, 0.3) is 0 Å². The maximum absolute atomic E-state index is 15.1. The van der Waals surface area contributed by atoms with Crippen molar-refractivity contribution in [1.29, 1.82) is 0 Å². The van der Waals surface area contributed by atoms with Crippen molar-refractivity contribution in [2.45, 2.75) is 0 Å². The summed E-state index contributed by atoms with van der Waals surface area (Å²) in [4.78, 5) is 1.17. The van der Waals surface area contributed by atoms with Gasteiger partial charge in [-0.2, -0.15) is 0 Å². The minimum atomic E-state index is -0.158. The van der Waals surface area contributed by atoms with Crippen LogP contribution in [0.25, 0.3) is 52.8 Å². The number of hydrogen-bond acceptors (Lipinski definition) is 1. The first kappa shape index (κ1) is 15.8. The lowest BCUT2D eigenvalue weighted by atomic mass is 9.95. The third kappa shape index (κ3) is 2.22. The second-order valence-corrected chi connectivity index (χ2v) is 8.18. The van der Waals surface area contributed by atoms with Gasteiger partial charge in [-0.05, 0) is 44.6 Å². The summed E-state index contributed by atoms with van der Waals surface area (Å²) >= 11 is 1.75. The minimum Gasteiger partial charge on any atom is -0.206 e. The van der Waals surface area contributed by atoms with Crippen molar-refractivity contribution in [2.24, 2.45) is 0 Å². The minimum absolute atomic E-state index is 0.158. The Morgan fingerprint density at radius 1 is 0.571 bits per heavy atom. The summed E-state index contributed by atoms with van der Waals surface area (Å²) in [6, 6.07) is 30.7. The van der Waals surface area contributed by atoms with Gasteiger partial charge in [-0.1, -0.05) is 78.9 Å². The Kier molecular flexibility index (Phi) is 3.32. The lowest BCUT2D eigenvalue weighted by Gasteiger charge is -2.10. The van der Waals surface area contributed by atoms with Crippen molar-refractivity contribution in [3.8, 4) is 10.4 Å². The van der Waals surface area contributed by atoms with Crippen LogP contribution in [0.4, 0.5) is 4.39 Å². The van der Waals surface area contributed by atoms with Crippen LogP contribution in [0.2, 0.25) is 0 Å². The zero-order valence-electron chi connectivity index (χ0n) is 14.9. The molecule has 0 saturated carbocycles. The van der Waals surface area contributed by atoms with Crippen LogP contribution in [0, 0.1) is 5.82 Å². The average molecular weight is 378 g/mol. The van der Waals surface area contributed by atoms with Crippen LogP contribution in [0.5, 0.6) is 0 Å². The molecule has 0 N–H and O–H groups in total. The van der Waals surface area contributed by atoms with Crippen molar-refractivity contribution < 1.29 is 4.39 Å². The molecule has 0 nitrogen and oxygen atoms in total. The van der Waals surface area contributed by atoms with E-state index in [9.17, 15) is 0 Å². The molecule has 2 heteroatoms. The standard InChI is InChI=1S/C26H15FS/c27-22-14-19-15-23(17-7-2-1-3-8-17)28-26(19)25-21(22)13-12-18-11-10-16-6-4-5-9-20(16)24(18)25/h1-15H. The smallest absolute Gasteiger partial charge is 0.131 e. The number of rotatable bonds is 1. The van der Waals surface area contributed by atoms with Crippen LogP contribution in [0.3, 0.4) is 0 Å². The second kappa shape index (κ2) is 5.88. The molecule has 0 aliphatic rings. The first-order valence-electron chi connectivity index (χ1n) is 9.31. The molecule has 0 fully saturated rings. The van der Waals surface area contributed by atoms with Crippen molar-refractivity contribution in [1.82, 2.24) is 0 Å². The number of hydrogen-bond donors (Lipinski definition) is 0. The maximum atomic E-state index is 15.1. The Balaban J connectivity index is 1.85. The molecule has 6 aromatic rings. The van der Waals surface area contributed by atoms with E-state index in [1.807, 2.05) is 36.4 Å². The Morgan fingerprint density at radius 2 is 1.32 bits per heavy atom. The highest BCUT2D eigenvalue weighted by atomic mass is 32.1. The molecule has 0 atom stereocenters. The van der Waals surface area contributed by atoms with Crippen LogP contribution >= 0.6 is 11.3 Å². The molecule has 0 unspecified atom stereocenters. The van der Waals surface area contributed by atoms with Crippen LogP contribution in [0.1, 0.15) is 0 Å². The zero-order chi connectivity index (χ0) is 18.7. The molecular weight excluding hydrogens is 363 g/mol. The summed E-state index contributed by atoms with van der Waals surface area (Å²) in [7, 11) is 0. The van der Waals surface area contributed by atoms with E-state index in [4.69, 9.17) is 0 Å². The molecule has 0 spiro atoms. The van der Waals surface area contributed by atoms with E-state index in [1.54, 1.807) is 17.4 Å². The highest BCUT2D eigenvalue weighted by Crippen LogP contribution is 2.43. The van der Waals surface area contributed by atoms with Crippen molar-refractivity contribution in [3.05, 3.63) is 96.8 Å². The summed E-state index contributed by atoms with van der Waals surface area (Å²) in [6.07, 6.45) is 0. The largest absolute Gasteiger partial charge is 0.206 e. The molecule has 0 radical (unpaired) electrons. The predicted molar refractivity (Wildman–Crippen MR) is 120 cm³/mol. The van der Waals surface area contributed by atoms with Crippen molar-refractivity contribution >= 4 is 53.7 Å². The number of benzene rings is 5. The van der Waals surface area contributed by atoms with E-state index < -0.39 is 0 Å². The Morgan fingerprint density at radius 3 is 2.21 bits per heavy atom. The monoisotopic (exact) mass is 378 g/mol. The highest BCUT2D eigenvalue weighted by molar-refractivity contribution is 7.23. The first-order valence-corrected chi connectivity index (χ1v) is 10.1. The second-order valence-electron chi connectivity index (χ2n) is 7.13. The lowest BCUT2D eigenvalue weighted by molar-refractivity contribution is 0.641. The van der Waals surface area contributed by atoms with E-state index in [1.165, 1.54) is 21.2 Å². The van der Waals surface area contributed by atoms with Crippen molar-refractivity contribution in [2.75, 3.05) is 0 Å². The first-order chi connectivity index (χ1) is 13.8. The van der Waals surface area contributed by atoms with E-state index >= 15 is 4.39 Å². The Bertz CT molecular complexity index is 1510. The van der Waals surface area contributed by atoms with E-state index in [0.29, 0.717) is 5.39 Å². The summed E-state index contributed by atoms with van der Waals surface area (Å²) in [6.45, 7) is 0. The lowest BCUT2D eigenvalue weighted by Crippen LogP contribution is -1.84. The SMILES string of the molecule is Fc1cc2cc(-c3ccccc3)sc2c2c1ccc1ccc3ccccc3c12. The van der Waals surface area contributed by atoms with E-state index in [-0.39, 0.29) is 5.82 Å². The van der Waals surface area contributed by atoms with Gasteiger partial charge in [-0.25, -0.2) is 4.39 Å². The molecule has 1 heterocycles. The van der Waals surface area contributed by atoms with Gasteiger partial charge in [0.2, 0.25) is 0 Å². The van der Waals surface area contributed by atoms with Gasteiger partial charge in [0.05, 0.1) is 0 Å². The fraction of sp³-hybridized carbons (Fsp3) is 0. The van der Waals surface area contributed by atoms with Gasteiger partial charge in [-0.3, -0.25) is 0 Å². The van der Waals surface area contributed by atoms with E-state index in [0.717, 1.165) is 26.2 Å². The quantitative estimate of drug-likeness (QED) is 0.253. The number of halogens is 1. The summed E-state index contributed by atoms with van der Waals surface area (Å²) in [5.41, 5.74) is 1.17. The number of thiophene rings is 1. The molecule has 132 valence electrons. The average Bonchev–Trinajstić information content (AvgIpc) is 3.17. The van der Waals surface area contributed by atoms with Gasteiger partial charge < -0.3 is 0 Å². The van der Waals surface area contributed by atoms with Crippen molar-refractivity contribution in [3.63, 3.8) is 0 Å². The summed E-state index contributed by atoms with van der Waals surface area (Å²) in [5, 5.41) is 7.32. The van der Waals surface area contributed by atoms with Crippen LogP contribution < -0.4 is 0 Å². The molecule has 1 aromatic heterocycles. The predicted octanol–water partition coefficient (Wildman–Crippen LogP) is 8.17. The van der Waals surface area contributed by atoms with E-state index in [2.05, 4.69) is 48.5 Å². The fourth-order valence-corrected chi connectivity index (χ4v) is 5.41. The normalized spacial score (nSPS) is 11.8. The van der Waals surface area contributed by atoms with Gasteiger partial charge in [-0.15, -0.1) is 11.3 Å². The fourth-order valence-electron chi connectivity index (χ4n) is 4.20. The van der Waals surface area contributed by atoms with Gasteiger partial charge >= 0.3 is 0 Å². The van der Waals surface area contributed by atoms with Gasteiger partial charge in [0.1, 0.15) is 5.82 Å². The number of fused-ring (bicyclic) bond motifs is 7. The molecule has 6 rings (SSSR count).